The summed E-state index contributed by atoms with van der Waals surface area (Å²) in [6, 6.07) is 11.2. The molecule has 2 amide bonds. The number of nitrogens with two attached hydrogens (primary N) is 1. The minimum Gasteiger partial charge on any atom is -0.490 e. The Morgan fingerprint density at radius 2 is 2.00 bits per heavy atom. The number of piperidine rings is 1. The Morgan fingerprint density at radius 3 is 2.70 bits per heavy atom. The van der Waals surface area contributed by atoms with Gasteiger partial charge in [-0.05, 0) is 25.0 Å². The monoisotopic (exact) mass is 369 g/mol. The Hall–Kier alpha value is -2.83. The molecule has 0 radical (unpaired) electrons. The van der Waals surface area contributed by atoms with Gasteiger partial charge in [-0.3, -0.25) is 9.59 Å². The van der Waals surface area contributed by atoms with Gasteiger partial charge in [-0.1, -0.05) is 23.4 Å². The first-order chi connectivity index (χ1) is 13.1. The summed E-state index contributed by atoms with van der Waals surface area (Å²) in [6.45, 7) is 0.947. The number of para-hydroxylation sites is 1. The molecule has 1 saturated heterocycles. The molecule has 0 spiro atoms. The van der Waals surface area contributed by atoms with E-state index in [2.05, 4.69) is 5.16 Å². The van der Waals surface area contributed by atoms with Crippen molar-refractivity contribution in [3.63, 3.8) is 0 Å². The Balaban J connectivity index is 1.44. The molecule has 1 aromatic heterocycles. The van der Waals surface area contributed by atoms with Crippen LogP contribution >= 0.6 is 0 Å². The van der Waals surface area contributed by atoms with Crippen molar-refractivity contribution < 1.29 is 18.8 Å². The second kappa shape index (κ2) is 7.42. The molecule has 2 aliphatic rings. The number of primary amides is 1. The van der Waals surface area contributed by atoms with Gasteiger partial charge in [-0.15, -0.1) is 0 Å². The van der Waals surface area contributed by atoms with Gasteiger partial charge >= 0.3 is 0 Å². The average molecular weight is 369 g/mol. The first kappa shape index (κ1) is 17.6. The first-order valence-electron chi connectivity index (χ1n) is 9.36. The van der Waals surface area contributed by atoms with Gasteiger partial charge in [-0.2, -0.15) is 0 Å². The molecule has 2 heterocycles. The normalized spacial score (nSPS) is 22.4. The average Bonchev–Trinajstić information content (AvgIpc) is 3.40. The quantitative estimate of drug-likeness (QED) is 0.843. The minimum atomic E-state index is -0.395. The van der Waals surface area contributed by atoms with Crippen LogP contribution in [0.4, 0.5) is 0 Å². The highest BCUT2D eigenvalue weighted by Crippen LogP contribution is 2.40. The van der Waals surface area contributed by atoms with Crippen molar-refractivity contribution in [3.8, 4) is 5.75 Å². The van der Waals surface area contributed by atoms with Crippen molar-refractivity contribution in [2.24, 2.45) is 11.7 Å². The van der Waals surface area contributed by atoms with Crippen LogP contribution in [0, 0.1) is 5.92 Å². The highest BCUT2D eigenvalue weighted by molar-refractivity contribution is 5.92. The Morgan fingerprint density at radius 1 is 1.22 bits per heavy atom. The van der Waals surface area contributed by atoms with E-state index in [0.29, 0.717) is 31.1 Å². The zero-order valence-corrected chi connectivity index (χ0v) is 15.0. The third-order valence-corrected chi connectivity index (χ3v) is 5.17. The first-order valence-corrected chi connectivity index (χ1v) is 9.36. The van der Waals surface area contributed by atoms with Gasteiger partial charge in [0.25, 0.3) is 5.91 Å². The van der Waals surface area contributed by atoms with Crippen LogP contribution in [-0.2, 0) is 4.79 Å². The minimum absolute atomic E-state index is 0.157. The molecule has 1 aromatic carbocycles. The molecule has 2 aromatic rings. The number of hydrogen-bond donors (Lipinski definition) is 1. The van der Waals surface area contributed by atoms with Crippen molar-refractivity contribution in [3.05, 3.63) is 47.9 Å². The van der Waals surface area contributed by atoms with Crippen LogP contribution in [0.5, 0.6) is 5.75 Å². The highest BCUT2D eigenvalue weighted by Gasteiger charge is 2.36. The fraction of sp³-hybridized carbons (Fsp3) is 0.450. The van der Waals surface area contributed by atoms with E-state index in [4.69, 9.17) is 15.0 Å². The number of carbonyl (C=O) groups is 2. The fourth-order valence-corrected chi connectivity index (χ4v) is 3.59. The Labute approximate surface area is 157 Å². The van der Waals surface area contributed by atoms with E-state index in [1.165, 1.54) is 0 Å². The number of likely N-dealkylation sites (tertiary alicyclic amines) is 1. The number of rotatable bonds is 6. The molecule has 1 aliphatic carbocycles. The molecule has 2 atom stereocenters. The summed E-state index contributed by atoms with van der Waals surface area (Å²) in [7, 11) is 0. The number of carbonyl (C=O) groups excluding carboxylic acids is 2. The van der Waals surface area contributed by atoms with Crippen LogP contribution < -0.4 is 10.5 Å². The summed E-state index contributed by atoms with van der Waals surface area (Å²) in [5.41, 5.74) is 5.76. The summed E-state index contributed by atoms with van der Waals surface area (Å²) in [4.78, 5) is 26.0. The lowest BCUT2D eigenvalue weighted by Gasteiger charge is -2.37. The molecule has 27 heavy (non-hydrogen) atoms. The molecule has 1 aliphatic heterocycles. The summed E-state index contributed by atoms with van der Waals surface area (Å²) in [5.74, 6) is 1.23. The number of nitrogens with zero attached hydrogens (tertiary/aromatic N) is 2. The number of amides is 2. The van der Waals surface area contributed by atoms with E-state index in [1.54, 1.807) is 11.0 Å². The fourth-order valence-electron chi connectivity index (χ4n) is 3.59. The second-order valence-corrected chi connectivity index (χ2v) is 7.33. The zero-order chi connectivity index (χ0) is 18.8. The van der Waals surface area contributed by atoms with E-state index in [-0.39, 0.29) is 24.3 Å². The third-order valence-electron chi connectivity index (χ3n) is 5.17. The van der Waals surface area contributed by atoms with Crippen molar-refractivity contribution in [2.45, 2.75) is 37.7 Å². The predicted octanol–water partition coefficient (Wildman–Crippen LogP) is 2.34. The molecule has 2 N–H and O–H groups in total. The van der Waals surface area contributed by atoms with Crippen molar-refractivity contribution >= 4 is 11.8 Å². The topological polar surface area (TPSA) is 98.7 Å². The third kappa shape index (κ3) is 4.13. The predicted molar refractivity (Wildman–Crippen MR) is 97.2 cm³/mol. The van der Waals surface area contributed by atoms with Crippen LogP contribution in [0.2, 0.25) is 0 Å². The summed E-state index contributed by atoms with van der Waals surface area (Å²) in [6.07, 6.45) is 2.82. The van der Waals surface area contributed by atoms with Gasteiger partial charge < -0.3 is 19.9 Å². The van der Waals surface area contributed by atoms with Crippen LogP contribution in [0.15, 0.2) is 40.9 Å². The van der Waals surface area contributed by atoms with Crippen LogP contribution in [-0.4, -0.2) is 41.1 Å². The van der Waals surface area contributed by atoms with Gasteiger partial charge in [0, 0.05) is 43.8 Å². The molecule has 142 valence electrons. The van der Waals surface area contributed by atoms with Crippen molar-refractivity contribution in [1.82, 2.24) is 10.1 Å². The summed E-state index contributed by atoms with van der Waals surface area (Å²) >= 11 is 0. The molecule has 0 unspecified atom stereocenters. The number of hydrogen-bond acceptors (Lipinski definition) is 5. The molecule has 7 heteroatoms. The van der Waals surface area contributed by atoms with Gasteiger partial charge in [0.1, 0.15) is 17.6 Å². The van der Waals surface area contributed by atoms with Gasteiger partial charge in [0.05, 0.1) is 0 Å². The molecule has 2 fully saturated rings. The van der Waals surface area contributed by atoms with E-state index >= 15 is 0 Å². The SMILES string of the molecule is NC(=O)C[C@@H]1CN(C(=O)c2cc(C3CC3)on2)CC[C@H]1Oc1ccccc1. The van der Waals surface area contributed by atoms with E-state index in [0.717, 1.165) is 24.4 Å². The van der Waals surface area contributed by atoms with Gasteiger partial charge in [-0.25, -0.2) is 0 Å². The summed E-state index contributed by atoms with van der Waals surface area (Å²) in [5, 5.41) is 3.94. The van der Waals surface area contributed by atoms with Crippen LogP contribution in [0.1, 0.15) is 47.8 Å². The molecule has 1 saturated carbocycles. The van der Waals surface area contributed by atoms with Crippen molar-refractivity contribution in [1.29, 1.82) is 0 Å². The smallest absolute Gasteiger partial charge is 0.276 e. The maximum Gasteiger partial charge on any atom is 0.276 e. The molecular weight excluding hydrogens is 346 g/mol. The molecule has 0 bridgehead atoms. The molecule has 7 nitrogen and oxygen atoms in total. The standard InChI is InChI=1S/C20H23N3O4/c21-19(24)10-14-12-23(9-8-17(14)26-15-4-2-1-3-5-15)20(25)16-11-18(27-22-16)13-6-7-13/h1-5,11,13-14,17H,6-10,12H2,(H2,21,24)/t14-,17-/m1/s1. The van der Waals surface area contributed by atoms with E-state index < -0.39 is 5.91 Å². The lowest BCUT2D eigenvalue weighted by atomic mass is 9.91. The maximum atomic E-state index is 12.8. The largest absolute Gasteiger partial charge is 0.490 e. The molecular formula is C20H23N3O4. The summed E-state index contributed by atoms with van der Waals surface area (Å²) < 4.78 is 11.4. The Kier molecular flexibility index (Phi) is 4.83. The number of benzene rings is 1. The Bertz CT molecular complexity index is 816. The lowest BCUT2D eigenvalue weighted by molar-refractivity contribution is -0.120. The van der Waals surface area contributed by atoms with Gasteiger partial charge in [0.15, 0.2) is 5.69 Å². The van der Waals surface area contributed by atoms with Crippen LogP contribution in [0.25, 0.3) is 0 Å². The maximum absolute atomic E-state index is 12.8. The van der Waals surface area contributed by atoms with E-state index in [9.17, 15) is 9.59 Å². The highest BCUT2D eigenvalue weighted by atomic mass is 16.5. The number of aromatic nitrogens is 1. The number of ether oxygens (including phenoxy) is 1. The van der Waals surface area contributed by atoms with Crippen LogP contribution in [0.3, 0.4) is 0 Å². The lowest BCUT2D eigenvalue weighted by Crippen LogP contribution is -2.49. The van der Waals surface area contributed by atoms with Crippen molar-refractivity contribution in [2.75, 3.05) is 13.1 Å². The van der Waals surface area contributed by atoms with E-state index in [1.807, 2.05) is 30.3 Å². The zero-order valence-electron chi connectivity index (χ0n) is 15.0. The molecule has 4 rings (SSSR count). The van der Waals surface area contributed by atoms with Gasteiger partial charge in [0.2, 0.25) is 5.91 Å². The second-order valence-electron chi connectivity index (χ2n) is 7.33.